The Morgan fingerprint density at radius 3 is 2.80 bits per heavy atom. The summed E-state index contributed by atoms with van der Waals surface area (Å²) in [6, 6.07) is 3.82. The lowest BCUT2D eigenvalue weighted by atomic mass is 10.1. The van der Waals surface area contributed by atoms with E-state index in [1.165, 1.54) is 19.2 Å². The summed E-state index contributed by atoms with van der Waals surface area (Å²) in [7, 11) is 1.48. The first-order chi connectivity index (χ1) is 7.15. The Labute approximate surface area is 86.9 Å². The van der Waals surface area contributed by atoms with Crippen LogP contribution in [0.4, 0.5) is 8.78 Å². The maximum absolute atomic E-state index is 13.1. The lowest BCUT2D eigenvalue weighted by molar-refractivity contribution is -0.119. The van der Waals surface area contributed by atoms with Gasteiger partial charge in [-0.1, -0.05) is 12.1 Å². The van der Waals surface area contributed by atoms with E-state index in [-0.39, 0.29) is 24.2 Å². The van der Waals surface area contributed by atoms with Gasteiger partial charge in [0.05, 0.1) is 6.61 Å². The van der Waals surface area contributed by atoms with Gasteiger partial charge in [-0.15, -0.1) is 0 Å². The first-order valence-corrected chi connectivity index (χ1v) is 4.58. The number of Topliss-reactive ketones (excluding diaryl/α,β-unsaturated/α-hetero) is 1. The van der Waals surface area contributed by atoms with Gasteiger partial charge in [0.15, 0.2) is 11.6 Å². The Balaban J connectivity index is 2.64. The second kappa shape index (κ2) is 5.56. The number of benzene rings is 1. The molecule has 0 bridgehead atoms. The first kappa shape index (κ1) is 11.8. The molecular weight excluding hydrogens is 202 g/mol. The summed E-state index contributed by atoms with van der Waals surface area (Å²) in [6.45, 7) is 0.301. The predicted molar refractivity (Wildman–Crippen MR) is 51.6 cm³/mol. The zero-order valence-corrected chi connectivity index (χ0v) is 8.43. The minimum absolute atomic E-state index is 0.0903. The number of halogens is 2. The molecule has 0 saturated carbocycles. The van der Waals surface area contributed by atoms with Gasteiger partial charge in [0.25, 0.3) is 0 Å². The molecule has 2 nitrogen and oxygen atoms in total. The molecule has 0 aromatic heterocycles. The minimum atomic E-state index is -0.941. The van der Waals surface area contributed by atoms with E-state index in [0.717, 1.165) is 6.07 Å². The van der Waals surface area contributed by atoms with Crippen LogP contribution in [-0.2, 0) is 16.0 Å². The zero-order chi connectivity index (χ0) is 11.3. The zero-order valence-electron chi connectivity index (χ0n) is 8.43. The molecule has 82 valence electrons. The predicted octanol–water partition coefficient (Wildman–Crippen LogP) is 2.11. The molecule has 0 unspecified atom stereocenters. The summed E-state index contributed by atoms with van der Waals surface area (Å²) in [6.07, 6.45) is 0.124. The Morgan fingerprint density at radius 1 is 1.40 bits per heavy atom. The molecule has 15 heavy (non-hydrogen) atoms. The highest BCUT2D eigenvalue weighted by Crippen LogP contribution is 2.12. The average molecular weight is 214 g/mol. The van der Waals surface area contributed by atoms with Crippen molar-refractivity contribution in [3.05, 3.63) is 35.4 Å². The standard InChI is InChI=1S/C11H12F2O2/c1-15-6-5-9(14)7-8-3-2-4-10(12)11(8)13/h2-4H,5-7H2,1H3. The van der Waals surface area contributed by atoms with Gasteiger partial charge in [-0.05, 0) is 11.6 Å². The Hall–Kier alpha value is -1.29. The SMILES string of the molecule is COCCC(=O)Cc1cccc(F)c1F. The highest BCUT2D eigenvalue weighted by atomic mass is 19.2. The Kier molecular flexibility index (Phi) is 4.37. The molecule has 0 N–H and O–H groups in total. The molecule has 1 aromatic rings. The molecule has 1 rings (SSSR count). The number of carbonyl (C=O) groups excluding carboxylic acids is 1. The molecule has 0 atom stereocenters. The number of ketones is 1. The van der Waals surface area contributed by atoms with Crippen molar-refractivity contribution in [3.8, 4) is 0 Å². The van der Waals surface area contributed by atoms with Crippen LogP contribution in [0.15, 0.2) is 18.2 Å². The third-order valence-electron chi connectivity index (χ3n) is 2.00. The molecule has 0 spiro atoms. The van der Waals surface area contributed by atoms with Crippen molar-refractivity contribution in [1.29, 1.82) is 0 Å². The fraction of sp³-hybridized carbons (Fsp3) is 0.364. The van der Waals surface area contributed by atoms with Crippen LogP contribution in [0.25, 0.3) is 0 Å². The van der Waals surface area contributed by atoms with Gasteiger partial charge in [0.1, 0.15) is 5.78 Å². The van der Waals surface area contributed by atoms with Crippen LogP contribution >= 0.6 is 0 Å². The van der Waals surface area contributed by atoms with Crippen molar-refractivity contribution in [2.24, 2.45) is 0 Å². The quantitative estimate of drug-likeness (QED) is 0.750. The number of ether oxygens (including phenoxy) is 1. The molecule has 0 heterocycles. The third-order valence-corrected chi connectivity index (χ3v) is 2.00. The monoisotopic (exact) mass is 214 g/mol. The van der Waals surface area contributed by atoms with Gasteiger partial charge in [-0.2, -0.15) is 0 Å². The van der Waals surface area contributed by atoms with Gasteiger partial charge >= 0.3 is 0 Å². The highest BCUT2D eigenvalue weighted by molar-refractivity contribution is 5.80. The Bertz CT molecular complexity index is 350. The topological polar surface area (TPSA) is 26.3 Å². The summed E-state index contributed by atoms with van der Waals surface area (Å²) in [5.74, 6) is -2.03. The molecule has 1 aromatic carbocycles. The lowest BCUT2D eigenvalue weighted by Gasteiger charge is -2.03. The van der Waals surface area contributed by atoms with Crippen molar-refractivity contribution in [2.75, 3.05) is 13.7 Å². The normalized spacial score (nSPS) is 10.3. The molecular formula is C11H12F2O2. The first-order valence-electron chi connectivity index (χ1n) is 4.58. The molecule has 0 aliphatic rings. The van der Waals surface area contributed by atoms with E-state index >= 15 is 0 Å². The molecule has 0 aliphatic carbocycles. The van der Waals surface area contributed by atoms with Crippen molar-refractivity contribution >= 4 is 5.78 Å². The van der Waals surface area contributed by atoms with Crippen molar-refractivity contribution < 1.29 is 18.3 Å². The van der Waals surface area contributed by atoms with Crippen LogP contribution in [0.3, 0.4) is 0 Å². The van der Waals surface area contributed by atoms with Gasteiger partial charge in [-0.3, -0.25) is 4.79 Å². The molecule has 0 aliphatic heterocycles. The van der Waals surface area contributed by atoms with E-state index < -0.39 is 11.6 Å². The van der Waals surface area contributed by atoms with Gasteiger partial charge in [0.2, 0.25) is 0 Å². The number of rotatable bonds is 5. The summed E-state index contributed by atoms with van der Waals surface area (Å²) >= 11 is 0. The van der Waals surface area contributed by atoms with Crippen LogP contribution in [0.2, 0.25) is 0 Å². The second-order valence-corrected chi connectivity index (χ2v) is 3.17. The van der Waals surface area contributed by atoms with Crippen LogP contribution < -0.4 is 0 Å². The average Bonchev–Trinajstić information content (AvgIpc) is 2.22. The fourth-order valence-electron chi connectivity index (χ4n) is 1.20. The second-order valence-electron chi connectivity index (χ2n) is 3.17. The van der Waals surface area contributed by atoms with Gasteiger partial charge in [-0.25, -0.2) is 8.78 Å². The molecule has 0 radical (unpaired) electrons. The fourth-order valence-corrected chi connectivity index (χ4v) is 1.20. The maximum atomic E-state index is 13.1. The smallest absolute Gasteiger partial charge is 0.162 e. The summed E-state index contributed by atoms with van der Waals surface area (Å²) in [5.41, 5.74) is 0.0936. The lowest BCUT2D eigenvalue weighted by Crippen LogP contribution is -2.08. The Morgan fingerprint density at radius 2 is 2.13 bits per heavy atom. The largest absolute Gasteiger partial charge is 0.384 e. The van der Waals surface area contributed by atoms with Crippen LogP contribution in [0.1, 0.15) is 12.0 Å². The van der Waals surface area contributed by atoms with E-state index in [4.69, 9.17) is 4.74 Å². The summed E-state index contributed by atoms with van der Waals surface area (Å²) in [5, 5.41) is 0. The molecule has 0 amide bonds. The van der Waals surface area contributed by atoms with E-state index in [2.05, 4.69) is 0 Å². The third kappa shape index (κ3) is 3.40. The van der Waals surface area contributed by atoms with Crippen LogP contribution in [-0.4, -0.2) is 19.5 Å². The van der Waals surface area contributed by atoms with Gasteiger partial charge < -0.3 is 4.74 Å². The van der Waals surface area contributed by atoms with Crippen LogP contribution in [0.5, 0.6) is 0 Å². The molecule has 4 heteroatoms. The van der Waals surface area contributed by atoms with Gasteiger partial charge in [0, 0.05) is 20.0 Å². The van der Waals surface area contributed by atoms with E-state index in [1.807, 2.05) is 0 Å². The maximum Gasteiger partial charge on any atom is 0.162 e. The van der Waals surface area contributed by atoms with Crippen molar-refractivity contribution in [2.45, 2.75) is 12.8 Å². The van der Waals surface area contributed by atoms with Crippen molar-refractivity contribution in [3.63, 3.8) is 0 Å². The number of carbonyl (C=O) groups is 1. The minimum Gasteiger partial charge on any atom is -0.384 e. The number of methoxy groups -OCH3 is 1. The highest BCUT2D eigenvalue weighted by Gasteiger charge is 2.11. The molecule has 0 saturated heterocycles. The summed E-state index contributed by atoms with van der Waals surface area (Å²) < 4.78 is 30.6. The van der Waals surface area contributed by atoms with E-state index in [9.17, 15) is 13.6 Å². The van der Waals surface area contributed by atoms with E-state index in [1.54, 1.807) is 0 Å². The summed E-state index contributed by atoms with van der Waals surface area (Å²) in [4.78, 5) is 11.3. The van der Waals surface area contributed by atoms with Crippen LogP contribution in [0, 0.1) is 11.6 Å². The number of hydrogen-bond donors (Lipinski definition) is 0. The van der Waals surface area contributed by atoms with Crippen molar-refractivity contribution in [1.82, 2.24) is 0 Å². The number of hydrogen-bond acceptors (Lipinski definition) is 2. The van der Waals surface area contributed by atoms with E-state index in [0.29, 0.717) is 6.61 Å². The molecule has 0 fully saturated rings.